The molecular weight excluding hydrogens is 230 g/mol. The van der Waals surface area contributed by atoms with E-state index in [2.05, 4.69) is 31.0 Å². The molecule has 1 aliphatic rings. The summed E-state index contributed by atoms with van der Waals surface area (Å²) < 4.78 is 0. The molecule has 0 fully saturated rings. The van der Waals surface area contributed by atoms with Crippen LogP contribution in [-0.4, -0.2) is 4.98 Å². The van der Waals surface area contributed by atoms with Crippen molar-refractivity contribution in [3.63, 3.8) is 0 Å². The van der Waals surface area contributed by atoms with E-state index in [1.807, 2.05) is 6.20 Å². The highest BCUT2D eigenvalue weighted by molar-refractivity contribution is 6.30. The van der Waals surface area contributed by atoms with Gasteiger partial charge in [0.15, 0.2) is 0 Å². The van der Waals surface area contributed by atoms with Crippen molar-refractivity contribution in [3.8, 4) is 0 Å². The number of pyridine rings is 1. The number of aryl methyl sites for hydroxylation is 1. The van der Waals surface area contributed by atoms with E-state index in [9.17, 15) is 0 Å². The van der Waals surface area contributed by atoms with Gasteiger partial charge < -0.3 is 0 Å². The Morgan fingerprint density at radius 2 is 2.24 bits per heavy atom. The van der Waals surface area contributed by atoms with Gasteiger partial charge in [-0.15, -0.1) is 0 Å². The lowest BCUT2D eigenvalue weighted by Crippen LogP contribution is -2.04. The van der Waals surface area contributed by atoms with Crippen molar-refractivity contribution < 1.29 is 0 Å². The van der Waals surface area contributed by atoms with Crippen LogP contribution in [0.25, 0.3) is 0 Å². The molecule has 0 saturated heterocycles. The molecule has 0 aromatic carbocycles. The summed E-state index contributed by atoms with van der Waals surface area (Å²) in [6, 6.07) is 2.22. The Morgan fingerprint density at radius 1 is 1.41 bits per heavy atom. The standard InChI is InChI=1S/C15H20ClN/c1-3-12-9-14(15(16)17-10-12)11(2)13-7-5-4-6-8-13/h7,9-11H,3-6,8H2,1-2H3/t11-/m0/s1. The van der Waals surface area contributed by atoms with Crippen molar-refractivity contribution in [1.82, 2.24) is 4.98 Å². The predicted octanol–water partition coefficient (Wildman–Crippen LogP) is 4.90. The normalized spacial score (nSPS) is 17.7. The maximum Gasteiger partial charge on any atom is 0.132 e. The second kappa shape index (κ2) is 5.68. The number of nitrogens with zero attached hydrogens (tertiary/aromatic N) is 1. The summed E-state index contributed by atoms with van der Waals surface area (Å²) in [7, 11) is 0. The molecule has 17 heavy (non-hydrogen) atoms. The minimum Gasteiger partial charge on any atom is -0.244 e. The van der Waals surface area contributed by atoms with Gasteiger partial charge in [-0.05, 0) is 43.2 Å². The average molecular weight is 250 g/mol. The van der Waals surface area contributed by atoms with Crippen molar-refractivity contribution >= 4 is 11.6 Å². The quantitative estimate of drug-likeness (QED) is 0.548. The van der Waals surface area contributed by atoms with Gasteiger partial charge in [-0.3, -0.25) is 0 Å². The third kappa shape index (κ3) is 2.90. The van der Waals surface area contributed by atoms with Crippen molar-refractivity contribution in [2.45, 2.75) is 51.9 Å². The van der Waals surface area contributed by atoms with Crippen LogP contribution in [0.15, 0.2) is 23.9 Å². The summed E-state index contributed by atoms with van der Waals surface area (Å²) in [5.74, 6) is 0.418. The summed E-state index contributed by atoms with van der Waals surface area (Å²) in [6.45, 7) is 4.40. The average Bonchev–Trinajstić information content (AvgIpc) is 2.39. The third-order valence-electron chi connectivity index (χ3n) is 3.68. The largest absolute Gasteiger partial charge is 0.244 e. The van der Waals surface area contributed by atoms with Gasteiger partial charge in [-0.2, -0.15) is 0 Å². The van der Waals surface area contributed by atoms with E-state index in [0.29, 0.717) is 11.1 Å². The van der Waals surface area contributed by atoms with Crippen LogP contribution < -0.4 is 0 Å². The maximum atomic E-state index is 6.23. The van der Waals surface area contributed by atoms with Crippen LogP contribution in [-0.2, 0) is 6.42 Å². The van der Waals surface area contributed by atoms with E-state index in [-0.39, 0.29) is 0 Å². The molecule has 1 heterocycles. The third-order valence-corrected chi connectivity index (χ3v) is 4.00. The molecular formula is C15H20ClN. The Balaban J connectivity index is 2.28. The zero-order valence-electron chi connectivity index (χ0n) is 10.7. The first-order chi connectivity index (χ1) is 8.22. The minimum absolute atomic E-state index is 0.418. The van der Waals surface area contributed by atoms with Gasteiger partial charge in [0, 0.05) is 12.1 Å². The molecule has 0 amide bonds. The molecule has 0 saturated carbocycles. The summed E-state index contributed by atoms with van der Waals surface area (Å²) in [6.07, 6.45) is 10.4. The van der Waals surface area contributed by atoms with Crippen LogP contribution in [0, 0.1) is 0 Å². The number of hydrogen-bond donors (Lipinski definition) is 0. The summed E-state index contributed by atoms with van der Waals surface area (Å²) in [5.41, 5.74) is 4.00. The number of hydrogen-bond acceptors (Lipinski definition) is 1. The highest BCUT2D eigenvalue weighted by atomic mass is 35.5. The van der Waals surface area contributed by atoms with Crippen LogP contribution in [0.1, 0.15) is 56.6 Å². The van der Waals surface area contributed by atoms with Crippen LogP contribution in [0.2, 0.25) is 5.15 Å². The maximum absolute atomic E-state index is 6.23. The van der Waals surface area contributed by atoms with Gasteiger partial charge in [-0.1, -0.05) is 43.2 Å². The molecule has 0 aliphatic heterocycles. The molecule has 0 spiro atoms. The van der Waals surface area contributed by atoms with Gasteiger partial charge in [-0.25, -0.2) is 4.98 Å². The van der Waals surface area contributed by atoms with Crippen LogP contribution >= 0.6 is 11.6 Å². The van der Waals surface area contributed by atoms with Gasteiger partial charge >= 0.3 is 0 Å². The first-order valence-electron chi connectivity index (χ1n) is 6.55. The smallest absolute Gasteiger partial charge is 0.132 e. The lowest BCUT2D eigenvalue weighted by Gasteiger charge is -2.21. The molecule has 1 aromatic heterocycles. The van der Waals surface area contributed by atoms with E-state index in [0.717, 1.165) is 6.42 Å². The van der Waals surface area contributed by atoms with E-state index in [1.165, 1.54) is 42.4 Å². The Bertz CT molecular complexity index is 423. The van der Waals surface area contributed by atoms with Crippen molar-refractivity contribution in [3.05, 3.63) is 40.2 Å². The monoisotopic (exact) mass is 249 g/mol. The molecule has 1 aromatic rings. The van der Waals surface area contributed by atoms with Crippen LogP contribution in [0.4, 0.5) is 0 Å². The molecule has 2 rings (SSSR count). The number of rotatable bonds is 3. The summed E-state index contributed by atoms with van der Waals surface area (Å²) >= 11 is 6.23. The van der Waals surface area contributed by atoms with Gasteiger partial charge in [0.05, 0.1) is 0 Å². The lowest BCUT2D eigenvalue weighted by molar-refractivity contribution is 0.657. The Morgan fingerprint density at radius 3 is 2.88 bits per heavy atom. The molecule has 92 valence electrons. The molecule has 1 aliphatic carbocycles. The molecule has 1 nitrogen and oxygen atoms in total. The second-order valence-corrected chi connectivity index (χ2v) is 5.18. The summed E-state index contributed by atoms with van der Waals surface area (Å²) in [4.78, 5) is 4.30. The fourth-order valence-corrected chi connectivity index (χ4v) is 2.73. The van der Waals surface area contributed by atoms with Crippen molar-refractivity contribution in [1.29, 1.82) is 0 Å². The molecule has 0 N–H and O–H groups in total. The highest BCUT2D eigenvalue weighted by Gasteiger charge is 2.17. The number of aromatic nitrogens is 1. The Labute approximate surface area is 109 Å². The zero-order chi connectivity index (χ0) is 12.3. The summed E-state index contributed by atoms with van der Waals surface area (Å²) in [5, 5.41) is 0.668. The molecule has 0 radical (unpaired) electrons. The zero-order valence-corrected chi connectivity index (χ0v) is 11.4. The molecule has 2 heteroatoms. The Kier molecular flexibility index (Phi) is 4.22. The molecule has 0 unspecified atom stereocenters. The lowest BCUT2D eigenvalue weighted by atomic mass is 9.86. The molecule has 0 bridgehead atoms. The minimum atomic E-state index is 0.418. The molecule has 1 atom stereocenters. The second-order valence-electron chi connectivity index (χ2n) is 4.82. The van der Waals surface area contributed by atoms with Crippen LogP contribution in [0.3, 0.4) is 0 Å². The van der Waals surface area contributed by atoms with Crippen LogP contribution in [0.5, 0.6) is 0 Å². The van der Waals surface area contributed by atoms with E-state index >= 15 is 0 Å². The SMILES string of the molecule is CCc1cnc(Cl)c([C@@H](C)C2=CCCCC2)c1. The van der Waals surface area contributed by atoms with Gasteiger partial charge in [0.25, 0.3) is 0 Å². The van der Waals surface area contributed by atoms with E-state index in [1.54, 1.807) is 0 Å². The van der Waals surface area contributed by atoms with Crippen molar-refractivity contribution in [2.75, 3.05) is 0 Å². The number of halogens is 1. The highest BCUT2D eigenvalue weighted by Crippen LogP contribution is 2.34. The first kappa shape index (κ1) is 12.6. The van der Waals surface area contributed by atoms with Gasteiger partial charge in [0.1, 0.15) is 5.15 Å². The Hall–Kier alpha value is -0.820. The fourth-order valence-electron chi connectivity index (χ4n) is 2.46. The number of allylic oxidation sites excluding steroid dienone is 2. The fraction of sp³-hybridized carbons (Fsp3) is 0.533. The van der Waals surface area contributed by atoms with E-state index < -0.39 is 0 Å². The first-order valence-corrected chi connectivity index (χ1v) is 6.93. The van der Waals surface area contributed by atoms with E-state index in [4.69, 9.17) is 11.6 Å². The van der Waals surface area contributed by atoms with Gasteiger partial charge in [0.2, 0.25) is 0 Å². The predicted molar refractivity (Wildman–Crippen MR) is 73.6 cm³/mol. The van der Waals surface area contributed by atoms with Crippen molar-refractivity contribution in [2.24, 2.45) is 0 Å². The topological polar surface area (TPSA) is 12.9 Å².